The number of para-hydroxylation sites is 1. The van der Waals surface area contributed by atoms with Crippen molar-refractivity contribution in [3.8, 4) is 11.8 Å². The van der Waals surface area contributed by atoms with Crippen molar-refractivity contribution in [2.75, 3.05) is 11.9 Å². The SMILES string of the molecule is CN(C(=O)C(C#N)=Cc1ccc(OC(F)F)cc1)c1ccccc1. The van der Waals surface area contributed by atoms with E-state index in [1.807, 2.05) is 12.1 Å². The Morgan fingerprint density at radius 2 is 1.79 bits per heavy atom. The molecule has 0 spiro atoms. The van der Waals surface area contributed by atoms with Crippen LogP contribution < -0.4 is 9.64 Å². The first kappa shape index (κ1) is 17.2. The number of hydrogen-bond donors (Lipinski definition) is 0. The van der Waals surface area contributed by atoms with E-state index in [-0.39, 0.29) is 11.3 Å². The first-order valence-corrected chi connectivity index (χ1v) is 7.01. The molecule has 0 aliphatic carbocycles. The molecule has 4 nitrogen and oxygen atoms in total. The minimum atomic E-state index is -2.90. The Labute approximate surface area is 138 Å². The Bertz CT molecular complexity index is 766. The number of carbonyl (C=O) groups is 1. The van der Waals surface area contributed by atoms with Crippen LogP contribution in [-0.4, -0.2) is 19.6 Å². The molecule has 0 atom stereocenters. The lowest BCUT2D eigenvalue weighted by Crippen LogP contribution is -2.27. The fraction of sp³-hybridized carbons (Fsp3) is 0.111. The zero-order valence-corrected chi connectivity index (χ0v) is 12.8. The molecular formula is C18H14F2N2O2. The summed E-state index contributed by atoms with van der Waals surface area (Å²) >= 11 is 0. The second kappa shape index (κ2) is 7.88. The van der Waals surface area contributed by atoms with Gasteiger partial charge in [-0.2, -0.15) is 14.0 Å². The Morgan fingerprint density at radius 3 is 2.33 bits per heavy atom. The van der Waals surface area contributed by atoms with Crippen LogP contribution in [0.15, 0.2) is 60.2 Å². The number of amides is 1. The average Bonchev–Trinajstić information content (AvgIpc) is 2.60. The molecular weight excluding hydrogens is 314 g/mol. The van der Waals surface area contributed by atoms with Crippen LogP contribution in [0, 0.1) is 11.3 Å². The van der Waals surface area contributed by atoms with E-state index in [1.165, 1.54) is 35.2 Å². The molecule has 0 radical (unpaired) electrons. The molecule has 0 saturated carbocycles. The van der Waals surface area contributed by atoms with E-state index in [1.54, 1.807) is 31.3 Å². The van der Waals surface area contributed by atoms with E-state index >= 15 is 0 Å². The largest absolute Gasteiger partial charge is 0.435 e. The van der Waals surface area contributed by atoms with Crippen LogP contribution >= 0.6 is 0 Å². The normalized spacial score (nSPS) is 11.0. The van der Waals surface area contributed by atoms with Crippen LogP contribution in [0.1, 0.15) is 5.56 Å². The fourth-order valence-corrected chi connectivity index (χ4v) is 2.00. The van der Waals surface area contributed by atoms with E-state index in [2.05, 4.69) is 4.74 Å². The molecule has 0 saturated heterocycles. The lowest BCUT2D eigenvalue weighted by molar-refractivity contribution is -0.114. The first-order valence-electron chi connectivity index (χ1n) is 7.01. The summed E-state index contributed by atoms with van der Waals surface area (Å²) in [6, 6.07) is 16.4. The highest BCUT2D eigenvalue weighted by Gasteiger charge is 2.16. The lowest BCUT2D eigenvalue weighted by atomic mass is 10.1. The third kappa shape index (κ3) is 4.40. The maximum Gasteiger partial charge on any atom is 0.387 e. The van der Waals surface area contributed by atoms with Crippen molar-refractivity contribution in [1.29, 1.82) is 5.26 Å². The molecule has 0 aliphatic rings. The molecule has 6 heteroatoms. The molecule has 24 heavy (non-hydrogen) atoms. The van der Waals surface area contributed by atoms with Crippen molar-refractivity contribution in [2.45, 2.75) is 6.61 Å². The third-order valence-electron chi connectivity index (χ3n) is 3.22. The number of rotatable bonds is 5. The van der Waals surface area contributed by atoms with Gasteiger partial charge in [0, 0.05) is 12.7 Å². The minimum Gasteiger partial charge on any atom is -0.435 e. The number of nitrogens with zero attached hydrogens (tertiary/aromatic N) is 2. The van der Waals surface area contributed by atoms with Gasteiger partial charge in [0.15, 0.2) is 0 Å². The highest BCUT2D eigenvalue weighted by molar-refractivity contribution is 6.10. The van der Waals surface area contributed by atoms with Gasteiger partial charge in [-0.05, 0) is 35.9 Å². The van der Waals surface area contributed by atoms with Gasteiger partial charge in [0.25, 0.3) is 5.91 Å². The van der Waals surface area contributed by atoms with Crippen molar-refractivity contribution in [1.82, 2.24) is 0 Å². The molecule has 1 amide bonds. The number of anilines is 1. The summed E-state index contributed by atoms with van der Waals surface area (Å²) in [5, 5.41) is 9.24. The van der Waals surface area contributed by atoms with Gasteiger partial charge >= 0.3 is 6.61 Å². The second-order valence-electron chi connectivity index (χ2n) is 4.82. The van der Waals surface area contributed by atoms with E-state index < -0.39 is 12.5 Å². The molecule has 0 N–H and O–H groups in total. The van der Waals surface area contributed by atoms with E-state index in [0.29, 0.717) is 11.3 Å². The van der Waals surface area contributed by atoms with Crippen molar-refractivity contribution < 1.29 is 18.3 Å². The van der Waals surface area contributed by atoms with E-state index in [9.17, 15) is 18.8 Å². The molecule has 0 bridgehead atoms. The van der Waals surface area contributed by atoms with Crippen molar-refractivity contribution in [3.05, 3.63) is 65.7 Å². The lowest BCUT2D eigenvalue weighted by Gasteiger charge is -2.16. The molecule has 122 valence electrons. The molecule has 2 aromatic rings. The molecule has 0 heterocycles. The average molecular weight is 328 g/mol. The quantitative estimate of drug-likeness (QED) is 0.619. The van der Waals surface area contributed by atoms with Crippen LogP contribution in [0.2, 0.25) is 0 Å². The predicted molar refractivity (Wildman–Crippen MR) is 86.5 cm³/mol. The molecule has 0 unspecified atom stereocenters. The monoisotopic (exact) mass is 328 g/mol. The summed E-state index contributed by atoms with van der Waals surface area (Å²) < 4.78 is 28.5. The zero-order chi connectivity index (χ0) is 17.5. The Morgan fingerprint density at radius 1 is 1.17 bits per heavy atom. The van der Waals surface area contributed by atoms with Crippen molar-refractivity contribution >= 4 is 17.7 Å². The highest BCUT2D eigenvalue weighted by Crippen LogP contribution is 2.18. The number of ether oxygens (including phenoxy) is 1. The molecule has 0 fully saturated rings. The van der Waals surface area contributed by atoms with Gasteiger partial charge in [0.2, 0.25) is 0 Å². The Kier molecular flexibility index (Phi) is 5.63. The summed E-state index contributed by atoms with van der Waals surface area (Å²) in [6.07, 6.45) is 1.40. The molecule has 2 aromatic carbocycles. The first-order chi connectivity index (χ1) is 11.5. The highest BCUT2D eigenvalue weighted by atomic mass is 19.3. The smallest absolute Gasteiger partial charge is 0.387 e. The summed E-state index contributed by atoms with van der Waals surface area (Å²) in [5.41, 5.74) is 1.12. The predicted octanol–water partition coefficient (Wildman–Crippen LogP) is 3.86. The maximum atomic E-state index is 12.4. The van der Waals surface area contributed by atoms with Crippen LogP contribution in [0.4, 0.5) is 14.5 Å². The number of alkyl halides is 2. The van der Waals surface area contributed by atoms with Crippen molar-refractivity contribution in [3.63, 3.8) is 0 Å². The van der Waals surface area contributed by atoms with Crippen molar-refractivity contribution in [2.24, 2.45) is 0 Å². The van der Waals surface area contributed by atoms with Gasteiger partial charge in [0.05, 0.1) is 0 Å². The van der Waals surface area contributed by atoms with Crippen LogP contribution in [0.5, 0.6) is 5.75 Å². The van der Waals surface area contributed by atoms with Crippen LogP contribution in [-0.2, 0) is 4.79 Å². The maximum absolute atomic E-state index is 12.4. The zero-order valence-electron chi connectivity index (χ0n) is 12.8. The summed E-state index contributed by atoms with van der Waals surface area (Å²) in [5.74, 6) is -0.454. The number of nitriles is 1. The second-order valence-corrected chi connectivity index (χ2v) is 4.82. The number of halogens is 2. The molecule has 0 aromatic heterocycles. The van der Waals surface area contributed by atoms with Gasteiger partial charge in [-0.1, -0.05) is 30.3 Å². The van der Waals surface area contributed by atoms with Gasteiger partial charge in [-0.15, -0.1) is 0 Å². The van der Waals surface area contributed by atoms with E-state index in [4.69, 9.17) is 0 Å². The number of carbonyl (C=O) groups excluding carboxylic acids is 1. The molecule has 2 rings (SSSR count). The third-order valence-corrected chi connectivity index (χ3v) is 3.22. The number of benzene rings is 2. The number of likely N-dealkylation sites (N-methyl/N-ethyl adjacent to an activating group) is 1. The van der Waals surface area contributed by atoms with Gasteiger partial charge in [-0.25, -0.2) is 0 Å². The summed E-state index contributed by atoms with van der Waals surface area (Å²) in [6.45, 7) is -2.90. The fourth-order valence-electron chi connectivity index (χ4n) is 2.00. The van der Waals surface area contributed by atoms with Gasteiger partial charge in [0.1, 0.15) is 17.4 Å². The summed E-state index contributed by atoms with van der Waals surface area (Å²) in [4.78, 5) is 13.8. The van der Waals surface area contributed by atoms with Crippen LogP contribution in [0.25, 0.3) is 6.08 Å². The van der Waals surface area contributed by atoms with Gasteiger partial charge < -0.3 is 9.64 Å². The molecule has 0 aliphatic heterocycles. The number of hydrogen-bond acceptors (Lipinski definition) is 3. The standard InChI is InChI=1S/C18H14F2N2O2/c1-22(15-5-3-2-4-6-15)17(23)14(12-21)11-13-7-9-16(10-8-13)24-18(19)20/h2-11,18H,1H3. The topological polar surface area (TPSA) is 53.3 Å². The van der Waals surface area contributed by atoms with E-state index in [0.717, 1.165) is 0 Å². The summed E-state index contributed by atoms with van der Waals surface area (Å²) in [7, 11) is 1.57. The Hall–Kier alpha value is -3.20. The van der Waals surface area contributed by atoms with Gasteiger partial charge in [-0.3, -0.25) is 4.79 Å². The van der Waals surface area contributed by atoms with Crippen LogP contribution in [0.3, 0.4) is 0 Å². The Balaban J connectivity index is 2.19. The minimum absolute atomic E-state index is 0.00777.